The zero-order valence-corrected chi connectivity index (χ0v) is 21.7. The number of piperidine rings is 1. The number of carbonyl (C=O) groups is 1. The van der Waals surface area contributed by atoms with Crippen molar-refractivity contribution >= 4 is 59.1 Å². The molecule has 3 aromatic rings. The van der Waals surface area contributed by atoms with Gasteiger partial charge in [0.05, 0.1) is 16.0 Å². The number of benzene rings is 2. The van der Waals surface area contributed by atoms with Gasteiger partial charge in [-0.25, -0.2) is 12.7 Å². The fourth-order valence-electron chi connectivity index (χ4n) is 4.17. The lowest BCUT2D eigenvalue weighted by Crippen LogP contribution is -2.41. The Morgan fingerprint density at radius 3 is 2.58 bits per heavy atom. The summed E-state index contributed by atoms with van der Waals surface area (Å²) in [5.41, 5.74) is 2.24. The topological polar surface area (TPSA) is 88.5 Å². The highest BCUT2D eigenvalue weighted by atomic mass is 79.9. The predicted molar refractivity (Wildman–Crippen MR) is 136 cm³/mol. The van der Waals surface area contributed by atoms with Crippen molar-refractivity contribution in [3.8, 4) is 0 Å². The number of nitrogens with zero attached hydrogens (tertiary/aromatic N) is 2. The SMILES string of the molecule is CC(C)n1c(=O)sc2cc(NC(=O)C3CCN(S(=O)(=O)Cc4cccc(Br)c4)CC3)ccc21. The van der Waals surface area contributed by atoms with E-state index in [0.717, 1.165) is 20.3 Å². The molecule has 1 aliphatic rings. The Bertz CT molecular complexity index is 1340. The first kappa shape index (κ1) is 24.1. The molecule has 4 rings (SSSR count). The van der Waals surface area contributed by atoms with Gasteiger partial charge < -0.3 is 5.32 Å². The van der Waals surface area contributed by atoms with Crippen LogP contribution in [-0.2, 0) is 20.6 Å². The molecule has 1 aliphatic heterocycles. The van der Waals surface area contributed by atoms with Crippen molar-refractivity contribution < 1.29 is 13.2 Å². The largest absolute Gasteiger partial charge is 0.326 e. The number of amides is 1. The molecule has 176 valence electrons. The summed E-state index contributed by atoms with van der Waals surface area (Å²) in [5.74, 6) is -0.423. The standard InChI is InChI=1S/C23H26BrN3O4S2/c1-15(2)27-20-7-6-19(13-21(20)32-23(27)29)25-22(28)17-8-10-26(11-9-17)33(30,31)14-16-4-3-5-18(24)12-16/h3-7,12-13,15,17H,8-11,14H2,1-2H3,(H,25,28). The molecule has 7 nitrogen and oxygen atoms in total. The summed E-state index contributed by atoms with van der Waals surface area (Å²) in [6.07, 6.45) is 0.950. The van der Waals surface area contributed by atoms with E-state index in [1.165, 1.54) is 15.6 Å². The number of halogens is 1. The molecular formula is C23H26BrN3O4S2. The minimum absolute atomic E-state index is 0.0140. The van der Waals surface area contributed by atoms with E-state index >= 15 is 0 Å². The lowest BCUT2D eigenvalue weighted by molar-refractivity contribution is -0.120. The van der Waals surface area contributed by atoms with Gasteiger partial charge in [0.25, 0.3) is 0 Å². The highest BCUT2D eigenvalue weighted by Crippen LogP contribution is 2.27. The van der Waals surface area contributed by atoms with Crippen LogP contribution in [-0.4, -0.2) is 36.3 Å². The van der Waals surface area contributed by atoms with Crippen LogP contribution in [0, 0.1) is 5.92 Å². The fourth-order valence-corrected chi connectivity index (χ4v) is 7.22. The van der Waals surface area contributed by atoms with Crippen LogP contribution in [0.3, 0.4) is 0 Å². The van der Waals surface area contributed by atoms with E-state index in [4.69, 9.17) is 0 Å². The van der Waals surface area contributed by atoms with Gasteiger partial charge in [0, 0.05) is 35.2 Å². The number of carbonyl (C=O) groups excluding carboxylic acids is 1. The molecule has 0 unspecified atom stereocenters. The summed E-state index contributed by atoms with van der Waals surface area (Å²) < 4.78 is 30.5. The van der Waals surface area contributed by atoms with Gasteiger partial charge in [0.15, 0.2) is 0 Å². The van der Waals surface area contributed by atoms with Crippen LogP contribution in [0.15, 0.2) is 51.7 Å². The third-order valence-electron chi connectivity index (χ3n) is 5.85. The first-order chi connectivity index (χ1) is 15.6. The van der Waals surface area contributed by atoms with E-state index in [9.17, 15) is 18.0 Å². The molecule has 33 heavy (non-hydrogen) atoms. The Kier molecular flexibility index (Phi) is 7.09. The molecule has 1 N–H and O–H groups in total. The van der Waals surface area contributed by atoms with E-state index in [2.05, 4.69) is 21.2 Å². The van der Waals surface area contributed by atoms with Gasteiger partial charge >= 0.3 is 4.87 Å². The summed E-state index contributed by atoms with van der Waals surface area (Å²) in [7, 11) is -3.44. The normalized spacial score (nSPS) is 15.9. The lowest BCUT2D eigenvalue weighted by atomic mass is 9.97. The Morgan fingerprint density at radius 2 is 1.91 bits per heavy atom. The summed E-state index contributed by atoms with van der Waals surface area (Å²) >= 11 is 4.54. The van der Waals surface area contributed by atoms with E-state index in [-0.39, 0.29) is 28.5 Å². The minimum Gasteiger partial charge on any atom is -0.326 e. The number of nitrogens with one attached hydrogen (secondary N) is 1. The average Bonchev–Trinajstić information content (AvgIpc) is 3.08. The van der Waals surface area contributed by atoms with Gasteiger partial charge in [-0.15, -0.1) is 0 Å². The molecule has 2 heterocycles. The number of hydrogen-bond donors (Lipinski definition) is 1. The lowest BCUT2D eigenvalue weighted by Gasteiger charge is -2.30. The second-order valence-corrected chi connectivity index (χ2v) is 12.4. The van der Waals surface area contributed by atoms with Crippen molar-refractivity contribution in [2.75, 3.05) is 18.4 Å². The Morgan fingerprint density at radius 1 is 1.18 bits per heavy atom. The average molecular weight is 553 g/mol. The molecular weight excluding hydrogens is 526 g/mol. The van der Waals surface area contributed by atoms with Crippen LogP contribution < -0.4 is 10.2 Å². The zero-order valence-electron chi connectivity index (χ0n) is 18.5. The maximum atomic E-state index is 12.8. The van der Waals surface area contributed by atoms with Crippen LogP contribution in [0.4, 0.5) is 5.69 Å². The molecule has 0 aliphatic carbocycles. The van der Waals surface area contributed by atoms with Crippen LogP contribution in [0.25, 0.3) is 10.2 Å². The summed E-state index contributed by atoms with van der Waals surface area (Å²) in [6, 6.07) is 12.8. The van der Waals surface area contributed by atoms with Crippen molar-refractivity contribution in [1.82, 2.24) is 8.87 Å². The van der Waals surface area contributed by atoms with Crippen molar-refractivity contribution in [2.24, 2.45) is 5.92 Å². The van der Waals surface area contributed by atoms with E-state index in [0.29, 0.717) is 31.6 Å². The van der Waals surface area contributed by atoms with Crippen LogP contribution in [0.5, 0.6) is 0 Å². The number of rotatable bonds is 6. The fraction of sp³-hybridized carbons (Fsp3) is 0.391. The third kappa shape index (κ3) is 5.40. The van der Waals surface area contributed by atoms with Gasteiger partial charge in [0.2, 0.25) is 15.9 Å². The zero-order chi connectivity index (χ0) is 23.8. The molecule has 0 spiro atoms. The van der Waals surface area contributed by atoms with Gasteiger partial charge in [-0.05, 0) is 62.6 Å². The molecule has 1 saturated heterocycles. The molecule has 0 bridgehead atoms. The molecule has 1 aromatic heterocycles. The summed E-state index contributed by atoms with van der Waals surface area (Å²) in [6.45, 7) is 4.59. The van der Waals surface area contributed by atoms with Crippen LogP contribution in [0.2, 0.25) is 0 Å². The highest BCUT2D eigenvalue weighted by molar-refractivity contribution is 9.10. The maximum Gasteiger partial charge on any atom is 0.308 e. The number of hydrogen-bond acceptors (Lipinski definition) is 5. The van der Waals surface area contributed by atoms with Crippen molar-refractivity contribution in [2.45, 2.75) is 38.5 Å². The van der Waals surface area contributed by atoms with E-state index < -0.39 is 10.0 Å². The Hall–Kier alpha value is -2.01. The van der Waals surface area contributed by atoms with Crippen molar-refractivity contribution in [1.29, 1.82) is 0 Å². The molecule has 1 fully saturated rings. The summed E-state index contributed by atoms with van der Waals surface area (Å²) in [4.78, 5) is 25.0. The van der Waals surface area contributed by atoms with Crippen LogP contribution >= 0.6 is 27.3 Å². The van der Waals surface area contributed by atoms with E-state index in [1.54, 1.807) is 16.7 Å². The maximum absolute atomic E-state index is 12.8. The Balaban J connectivity index is 1.38. The smallest absolute Gasteiger partial charge is 0.308 e. The highest BCUT2D eigenvalue weighted by Gasteiger charge is 2.31. The van der Waals surface area contributed by atoms with Crippen molar-refractivity contribution in [3.63, 3.8) is 0 Å². The number of fused-ring (bicyclic) bond motifs is 1. The molecule has 0 radical (unpaired) electrons. The first-order valence-electron chi connectivity index (χ1n) is 10.8. The molecule has 2 aromatic carbocycles. The third-order valence-corrected chi connectivity index (χ3v) is 9.11. The number of sulfonamides is 1. The van der Waals surface area contributed by atoms with Gasteiger partial charge in [0.1, 0.15) is 0 Å². The molecule has 10 heteroatoms. The monoisotopic (exact) mass is 551 g/mol. The molecule has 0 atom stereocenters. The first-order valence-corrected chi connectivity index (χ1v) is 14.0. The predicted octanol–water partition coefficient (Wildman–Crippen LogP) is 4.59. The second kappa shape index (κ2) is 9.69. The van der Waals surface area contributed by atoms with E-state index in [1.807, 2.05) is 44.2 Å². The molecule has 0 saturated carbocycles. The van der Waals surface area contributed by atoms with Gasteiger partial charge in [-0.1, -0.05) is 39.4 Å². The summed E-state index contributed by atoms with van der Waals surface area (Å²) in [5, 5.41) is 2.94. The molecule has 1 amide bonds. The number of aromatic nitrogens is 1. The number of thiazole rings is 1. The quantitative estimate of drug-likeness (QED) is 0.485. The van der Waals surface area contributed by atoms with Crippen molar-refractivity contribution in [3.05, 3.63) is 62.2 Å². The minimum atomic E-state index is -3.44. The Labute approximate surface area is 205 Å². The van der Waals surface area contributed by atoms with Crippen LogP contribution in [0.1, 0.15) is 38.3 Å². The van der Waals surface area contributed by atoms with Gasteiger partial charge in [-0.3, -0.25) is 14.2 Å². The number of anilines is 1. The second-order valence-electron chi connectivity index (χ2n) is 8.56. The van der Waals surface area contributed by atoms with Gasteiger partial charge in [-0.2, -0.15) is 0 Å².